The number of unbranched alkanes of at least 4 members (excludes halogenated alkanes) is 25. The van der Waals surface area contributed by atoms with E-state index in [0.717, 1.165) is 83.5 Å². The second-order valence-electron chi connectivity index (χ2n) is 20.2. The number of hydrogen-bond acceptors (Lipinski definition) is 7. The maximum atomic E-state index is 12.9. The second kappa shape index (κ2) is 52.1. The van der Waals surface area contributed by atoms with Crippen LogP contribution in [0.3, 0.4) is 0 Å². The highest BCUT2D eigenvalue weighted by Crippen LogP contribution is 2.16. The van der Waals surface area contributed by atoms with E-state index in [1.807, 2.05) is 21.1 Å². The van der Waals surface area contributed by atoms with Crippen molar-refractivity contribution in [2.45, 2.75) is 251 Å². The lowest BCUT2D eigenvalue weighted by atomic mass is 10.0. The number of likely N-dealkylation sites (N-methyl/N-ethyl adjacent to an activating group) is 1. The Labute approximate surface area is 430 Å². The number of nitrogens with zero attached hydrogens (tertiary/aromatic N) is 1. The lowest BCUT2D eigenvalue weighted by Crippen LogP contribution is -2.40. The Balaban J connectivity index is 4.24. The molecule has 0 aromatic carbocycles. The van der Waals surface area contributed by atoms with Crippen molar-refractivity contribution in [2.75, 3.05) is 47.5 Å². The summed E-state index contributed by atoms with van der Waals surface area (Å²) in [5.74, 6) is -2.01. The molecule has 0 saturated carbocycles. The van der Waals surface area contributed by atoms with Crippen LogP contribution in [0.25, 0.3) is 0 Å². The van der Waals surface area contributed by atoms with Crippen LogP contribution in [0.1, 0.15) is 239 Å². The van der Waals surface area contributed by atoms with Crippen molar-refractivity contribution in [1.29, 1.82) is 0 Å². The lowest BCUT2D eigenvalue weighted by Gasteiger charge is -2.25. The van der Waals surface area contributed by atoms with Crippen LogP contribution < -0.4 is 0 Å². The van der Waals surface area contributed by atoms with Crippen molar-refractivity contribution in [1.82, 2.24) is 0 Å². The molecule has 0 bridgehead atoms. The topological polar surface area (TPSA) is 108 Å². The fraction of sp³-hybridized carbons (Fsp3) is 0.754. The molecule has 9 nitrogen and oxygen atoms in total. The van der Waals surface area contributed by atoms with Crippen LogP contribution in [0.4, 0.5) is 0 Å². The van der Waals surface area contributed by atoms with Crippen LogP contribution in [0, 0.1) is 0 Å². The Morgan fingerprint density at radius 1 is 0.443 bits per heavy atom. The number of rotatable bonds is 52. The largest absolute Gasteiger partial charge is 0.477 e. The van der Waals surface area contributed by atoms with Gasteiger partial charge in [0, 0.05) is 12.8 Å². The number of esters is 2. The molecule has 0 aromatic heterocycles. The molecule has 0 saturated heterocycles. The van der Waals surface area contributed by atoms with Crippen LogP contribution in [-0.4, -0.2) is 87.4 Å². The minimum absolute atomic E-state index is 0.183. The maximum absolute atomic E-state index is 12.9. The molecule has 0 spiro atoms. The fourth-order valence-electron chi connectivity index (χ4n) is 7.84. The molecule has 2 atom stereocenters. The standard InChI is InChI=1S/C61H107NO8/c1-6-8-10-12-14-16-18-20-22-24-25-26-27-28-29-30-31-32-33-34-35-36-38-40-42-44-46-48-50-52-59(64)70-57(56-69-61(60(65)66)67-54-53-62(3,4)5)55-68-58(63)51-49-47-45-43-41-39-37-23-21-19-17-15-13-11-9-7-2/h8,10,14,16,20,22,25-26,28-29,31-32,57,61H,6-7,9,11-13,15,17-19,21,23-24,27,30,33-56H2,1-5H3/p+1/b10-8-,16-14-,22-20-,26-25-,29-28-,32-31-. The van der Waals surface area contributed by atoms with Crippen LogP contribution in [0.15, 0.2) is 72.9 Å². The van der Waals surface area contributed by atoms with Crippen molar-refractivity contribution in [2.24, 2.45) is 0 Å². The normalized spacial score (nSPS) is 13.3. The molecule has 0 aliphatic carbocycles. The van der Waals surface area contributed by atoms with Gasteiger partial charge in [-0.1, -0.05) is 234 Å². The Bertz CT molecular complexity index is 1380. The number of quaternary nitrogens is 1. The van der Waals surface area contributed by atoms with E-state index in [1.54, 1.807) is 0 Å². The van der Waals surface area contributed by atoms with Gasteiger partial charge >= 0.3 is 17.9 Å². The molecule has 0 aliphatic rings. The van der Waals surface area contributed by atoms with E-state index in [-0.39, 0.29) is 32.2 Å². The van der Waals surface area contributed by atoms with E-state index < -0.39 is 24.3 Å². The molecule has 9 heteroatoms. The molecule has 0 aromatic rings. The summed E-state index contributed by atoms with van der Waals surface area (Å²) >= 11 is 0. The molecule has 0 rings (SSSR count). The van der Waals surface area contributed by atoms with E-state index in [1.165, 1.54) is 122 Å². The summed E-state index contributed by atoms with van der Waals surface area (Å²) in [6, 6.07) is 0. The highest BCUT2D eigenvalue weighted by Gasteiger charge is 2.25. The molecule has 70 heavy (non-hydrogen) atoms. The van der Waals surface area contributed by atoms with Crippen LogP contribution in [-0.2, 0) is 33.3 Å². The van der Waals surface area contributed by atoms with E-state index in [9.17, 15) is 19.5 Å². The number of carbonyl (C=O) groups is 3. The molecule has 0 heterocycles. The Hall–Kier alpha value is -3.27. The minimum atomic E-state index is -1.51. The van der Waals surface area contributed by atoms with Crippen molar-refractivity contribution >= 4 is 17.9 Å². The molecule has 0 radical (unpaired) electrons. The van der Waals surface area contributed by atoms with Crippen molar-refractivity contribution in [3.63, 3.8) is 0 Å². The predicted molar refractivity (Wildman–Crippen MR) is 295 cm³/mol. The summed E-state index contributed by atoms with van der Waals surface area (Å²) in [5.41, 5.74) is 0. The number of ether oxygens (including phenoxy) is 4. The van der Waals surface area contributed by atoms with Gasteiger partial charge in [0.25, 0.3) is 6.29 Å². The average Bonchev–Trinajstić information content (AvgIpc) is 3.33. The SMILES string of the molecule is CC/C=C\C/C=C\C/C=C\C/C=C\C/C=C\C/C=C\CCCCCCCCCCCCC(=O)OC(COC(=O)CCCCCCCCCCCCCCCCCC)COC(OCC[N+](C)(C)C)C(=O)O. The van der Waals surface area contributed by atoms with Crippen molar-refractivity contribution in [3.8, 4) is 0 Å². The zero-order valence-electron chi connectivity index (χ0n) is 45.9. The minimum Gasteiger partial charge on any atom is -0.477 e. The number of carboxylic acids is 1. The first-order chi connectivity index (χ1) is 34.1. The summed E-state index contributed by atoms with van der Waals surface area (Å²) < 4.78 is 22.9. The molecule has 2 unspecified atom stereocenters. The smallest absolute Gasteiger partial charge is 0.361 e. The third-order valence-electron chi connectivity index (χ3n) is 12.2. The average molecular weight is 984 g/mol. The van der Waals surface area contributed by atoms with Crippen molar-refractivity contribution in [3.05, 3.63) is 72.9 Å². The zero-order valence-corrected chi connectivity index (χ0v) is 45.9. The highest BCUT2D eigenvalue weighted by molar-refractivity contribution is 5.71. The van der Waals surface area contributed by atoms with E-state index >= 15 is 0 Å². The summed E-state index contributed by atoms with van der Waals surface area (Å²) in [6.07, 6.45) is 64.0. The van der Waals surface area contributed by atoms with Gasteiger partial charge in [-0.3, -0.25) is 9.59 Å². The molecule has 0 amide bonds. The van der Waals surface area contributed by atoms with Gasteiger partial charge in [0.2, 0.25) is 0 Å². The van der Waals surface area contributed by atoms with E-state index in [0.29, 0.717) is 23.9 Å². The van der Waals surface area contributed by atoms with Gasteiger partial charge in [-0.2, -0.15) is 0 Å². The molecular formula is C61H108NO8+. The zero-order chi connectivity index (χ0) is 51.3. The first-order valence-electron chi connectivity index (χ1n) is 28.6. The Morgan fingerprint density at radius 2 is 0.814 bits per heavy atom. The van der Waals surface area contributed by atoms with Gasteiger partial charge in [-0.15, -0.1) is 0 Å². The van der Waals surface area contributed by atoms with Gasteiger partial charge in [-0.25, -0.2) is 4.79 Å². The van der Waals surface area contributed by atoms with Gasteiger partial charge in [-0.05, 0) is 64.2 Å². The first kappa shape index (κ1) is 66.7. The van der Waals surface area contributed by atoms with Gasteiger partial charge in [0.15, 0.2) is 6.10 Å². The van der Waals surface area contributed by atoms with E-state index in [2.05, 4.69) is 86.8 Å². The Kier molecular flexibility index (Phi) is 49.6. The summed E-state index contributed by atoms with van der Waals surface area (Å²) in [5, 5.41) is 9.69. The first-order valence-corrected chi connectivity index (χ1v) is 28.6. The van der Waals surface area contributed by atoms with Crippen LogP contribution >= 0.6 is 0 Å². The number of hydrogen-bond donors (Lipinski definition) is 1. The summed E-state index contributed by atoms with van der Waals surface area (Å²) in [7, 11) is 5.97. The second-order valence-corrected chi connectivity index (χ2v) is 20.2. The maximum Gasteiger partial charge on any atom is 0.361 e. The third-order valence-corrected chi connectivity index (χ3v) is 12.2. The van der Waals surface area contributed by atoms with Gasteiger partial charge < -0.3 is 28.5 Å². The molecule has 1 N–H and O–H groups in total. The number of allylic oxidation sites excluding steroid dienone is 12. The monoisotopic (exact) mass is 983 g/mol. The number of carbonyl (C=O) groups excluding carboxylic acids is 2. The predicted octanol–water partition coefficient (Wildman–Crippen LogP) is 16.6. The van der Waals surface area contributed by atoms with Gasteiger partial charge in [0.1, 0.15) is 13.2 Å². The van der Waals surface area contributed by atoms with Crippen molar-refractivity contribution < 1.29 is 42.9 Å². The third kappa shape index (κ3) is 52.6. The number of carboxylic acid groups (broad SMARTS) is 1. The molecular weight excluding hydrogens is 875 g/mol. The van der Waals surface area contributed by atoms with Crippen LogP contribution in [0.5, 0.6) is 0 Å². The molecule has 0 fully saturated rings. The number of aliphatic carboxylic acids is 1. The molecule has 404 valence electrons. The van der Waals surface area contributed by atoms with Crippen LogP contribution in [0.2, 0.25) is 0 Å². The van der Waals surface area contributed by atoms with Gasteiger partial charge in [0.05, 0.1) is 34.4 Å². The lowest BCUT2D eigenvalue weighted by molar-refractivity contribution is -0.870. The Morgan fingerprint density at radius 3 is 1.21 bits per heavy atom. The fourth-order valence-corrected chi connectivity index (χ4v) is 7.84. The molecule has 0 aliphatic heterocycles. The summed E-state index contributed by atoms with van der Waals surface area (Å²) in [6.45, 7) is 4.77. The van der Waals surface area contributed by atoms with E-state index in [4.69, 9.17) is 18.9 Å². The highest BCUT2D eigenvalue weighted by atomic mass is 16.7. The quantitative estimate of drug-likeness (QED) is 0.0211. The summed E-state index contributed by atoms with van der Waals surface area (Å²) in [4.78, 5) is 37.4.